The molecule has 0 aliphatic carbocycles. The number of benzene rings is 1. The molecule has 0 aliphatic heterocycles. The highest BCUT2D eigenvalue weighted by atomic mass is 32.2. The first-order chi connectivity index (χ1) is 8.67. The van der Waals surface area contributed by atoms with E-state index in [0.29, 0.717) is 0 Å². The zero-order valence-electron chi connectivity index (χ0n) is 11.7. The van der Waals surface area contributed by atoms with Crippen molar-refractivity contribution in [2.45, 2.75) is 20.8 Å². The summed E-state index contributed by atoms with van der Waals surface area (Å²) in [5.41, 5.74) is 0.810. The summed E-state index contributed by atoms with van der Waals surface area (Å²) >= 11 is 1.45. The second-order valence-electron chi connectivity index (χ2n) is 4.52. The highest BCUT2D eigenvalue weighted by Crippen LogP contribution is 2.15. The van der Waals surface area contributed by atoms with Gasteiger partial charge in [-0.2, -0.15) is 0 Å². The van der Waals surface area contributed by atoms with E-state index in [1.165, 1.54) is 11.8 Å². The van der Waals surface area contributed by atoms with Crippen LogP contribution in [-0.4, -0.2) is 41.5 Å². The second-order valence-corrected chi connectivity index (χ2v) is 5.58. The second kappa shape index (κ2) is 7.59. The molecule has 1 aromatic carbocycles. The van der Waals surface area contributed by atoms with Crippen LogP contribution in [0.25, 0.3) is 0 Å². The van der Waals surface area contributed by atoms with Crippen LogP contribution >= 0.6 is 11.8 Å². The number of carbonyl (C=O) groups is 1. The van der Waals surface area contributed by atoms with Crippen molar-refractivity contribution in [1.29, 1.82) is 0 Å². The lowest BCUT2D eigenvalue weighted by Crippen LogP contribution is -2.49. The van der Waals surface area contributed by atoms with Gasteiger partial charge in [-0.3, -0.25) is 4.79 Å². The summed E-state index contributed by atoms with van der Waals surface area (Å²) in [6.07, 6.45) is 0. The monoisotopic (exact) mass is 266 g/mol. The van der Waals surface area contributed by atoms with E-state index < -0.39 is 0 Å². The molecule has 0 unspecified atom stereocenters. The van der Waals surface area contributed by atoms with Crippen molar-refractivity contribution < 1.29 is 9.28 Å². The third-order valence-electron chi connectivity index (χ3n) is 3.82. The van der Waals surface area contributed by atoms with E-state index in [-0.39, 0.29) is 5.12 Å². The van der Waals surface area contributed by atoms with Gasteiger partial charge in [-0.15, -0.1) is 0 Å². The predicted octanol–water partition coefficient (Wildman–Crippen LogP) is 3.44. The fourth-order valence-electron chi connectivity index (χ4n) is 2.13. The molecule has 18 heavy (non-hydrogen) atoms. The van der Waals surface area contributed by atoms with Gasteiger partial charge in [-0.1, -0.05) is 42.1 Å². The minimum Gasteiger partial charge on any atom is -0.324 e. The van der Waals surface area contributed by atoms with Crippen LogP contribution < -0.4 is 0 Å². The normalized spacial score (nSPS) is 11.5. The van der Waals surface area contributed by atoms with E-state index in [4.69, 9.17) is 0 Å². The fourth-order valence-corrected chi connectivity index (χ4v) is 3.10. The number of thioether (sulfide) groups is 1. The Morgan fingerprint density at radius 1 is 1.06 bits per heavy atom. The molecule has 3 heteroatoms. The molecule has 0 aliphatic rings. The van der Waals surface area contributed by atoms with Crippen molar-refractivity contribution in [3.8, 4) is 0 Å². The van der Waals surface area contributed by atoms with E-state index in [2.05, 4.69) is 20.8 Å². The Bertz CT molecular complexity index is 352. The molecule has 0 saturated carbocycles. The Hall–Kier alpha value is -0.800. The predicted molar refractivity (Wildman–Crippen MR) is 80.0 cm³/mol. The lowest BCUT2D eigenvalue weighted by Gasteiger charge is -2.35. The molecule has 2 nitrogen and oxygen atoms in total. The number of nitrogens with zero attached hydrogens (tertiary/aromatic N) is 1. The first kappa shape index (κ1) is 15.3. The highest BCUT2D eigenvalue weighted by Gasteiger charge is 2.20. The third-order valence-corrected chi connectivity index (χ3v) is 4.71. The lowest BCUT2D eigenvalue weighted by atomic mass is 10.2. The molecule has 0 saturated heterocycles. The average molecular weight is 266 g/mol. The Balaban J connectivity index is 2.44. The van der Waals surface area contributed by atoms with Crippen molar-refractivity contribution >= 4 is 16.9 Å². The van der Waals surface area contributed by atoms with E-state index >= 15 is 0 Å². The smallest absolute Gasteiger partial charge is 0.219 e. The van der Waals surface area contributed by atoms with E-state index in [1.807, 2.05) is 30.3 Å². The van der Waals surface area contributed by atoms with Crippen molar-refractivity contribution in [2.75, 3.05) is 31.9 Å². The first-order valence-corrected chi connectivity index (χ1v) is 7.73. The van der Waals surface area contributed by atoms with E-state index in [9.17, 15) is 4.79 Å². The number of rotatable bonds is 7. The van der Waals surface area contributed by atoms with Crippen molar-refractivity contribution in [3.63, 3.8) is 0 Å². The maximum Gasteiger partial charge on any atom is 0.219 e. The third kappa shape index (κ3) is 4.14. The lowest BCUT2D eigenvalue weighted by molar-refractivity contribution is -0.920. The molecule has 1 aromatic rings. The molecule has 0 N–H and O–H groups in total. The molecule has 0 bridgehead atoms. The van der Waals surface area contributed by atoms with Gasteiger partial charge in [-0.05, 0) is 20.8 Å². The van der Waals surface area contributed by atoms with Gasteiger partial charge in [0.25, 0.3) is 0 Å². The minimum absolute atomic E-state index is 0.192. The maximum atomic E-state index is 12.0. The molecule has 0 fully saturated rings. The Morgan fingerprint density at radius 3 is 2.11 bits per heavy atom. The van der Waals surface area contributed by atoms with Gasteiger partial charge in [0, 0.05) is 5.56 Å². The number of hydrogen-bond donors (Lipinski definition) is 0. The Kier molecular flexibility index (Phi) is 6.44. The Morgan fingerprint density at radius 2 is 1.61 bits per heavy atom. The van der Waals surface area contributed by atoms with Gasteiger partial charge < -0.3 is 4.48 Å². The molecule has 0 atom stereocenters. The van der Waals surface area contributed by atoms with Gasteiger partial charge in [-0.25, -0.2) is 0 Å². The van der Waals surface area contributed by atoms with Crippen LogP contribution in [0.2, 0.25) is 0 Å². The largest absolute Gasteiger partial charge is 0.324 e. The number of quaternary nitrogens is 1. The molecular formula is C15H24NOS+. The standard InChI is InChI=1S/C15H24NOS/c1-4-16(5-2,6-3)12-13-18-15(17)14-10-8-7-9-11-14/h7-11H,4-6,12-13H2,1-3H3/q+1. The molecule has 0 spiro atoms. The van der Waals surface area contributed by atoms with Gasteiger partial charge in [0.05, 0.1) is 31.9 Å². The van der Waals surface area contributed by atoms with Crippen LogP contribution in [-0.2, 0) is 0 Å². The van der Waals surface area contributed by atoms with Crippen LogP contribution in [0.3, 0.4) is 0 Å². The molecule has 1 rings (SSSR count). The van der Waals surface area contributed by atoms with Crippen LogP contribution in [0.1, 0.15) is 31.1 Å². The van der Waals surface area contributed by atoms with Crippen molar-refractivity contribution in [1.82, 2.24) is 0 Å². The van der Waals surface area contributed by atoms with Gasteiger partial charge in [0.1, 0.15) is 0 Å². The zero-order chi connectivity index (χ0) is 13.4. The molecule has 0 radical (unpaired) electrons. The maximum absolute atomic E-state index is 12.0. The molecular weight excluding hydrogens is 242 g/mol. The molecule has 100 valence electrons. The fraction of sp³-hybridized carbons (Fsp3) is 0.533. The molecule has 0 amide bonds. The first-order valence-electron chi connectivity index (χ1n) is 6.74. The summed E-state index contributed by atoms with van der Waals surface area (Å²) in [4.78, 5) is 12.0. The summed E-state index contributed by atoms with van der Waals surface area (Å²) in [7, 11) is 0. The van der Waals surface area contributed by atoms with Crippen LogP contribution in [0.5, 0.6) is 0 Å². The van der Waals surface area contributed by atoms with Crippen LogP contribution in [0.15, 0.2) is 30.3 Å². The van der Waals surface area contributed by atoms with E-state index in [1.54, 1.807) is 0 Å². The minimum atomic E-state index is 0.192. The van der Waals surface area contributed by atoms with Crippen LogP contribution in [0.4, 0.5) is 0 Å². The van der Waals surface area contributed by atoms with Gasteiger partial charge >= 0.3 is 0 Å². The van der Waals surface area contributed by atoms with Gasteiger partial charge in [0.2, 0.25) is 5.12 Å². The Labute approximate surface area is 115 Å². The molecule has 0 aromatic heterocycles. The molecule has 0 heterocycles. The van der Waals surface area contributed by atoms with Crippen molar-refractivity contribution in [3.05, 3.63) is 35.9 Å². The average Bonchev–Trinajstić information content (AvgIpc) is 2.45. The summed E-state index contributed by atoms with van der Waals surface area (Å²) in [6.45, 7) is 11.2. The SMILES string of the molecule is CC[N+](CC)(CC)CCSC(=O)c1ccccc1. The topological polar surface area (TPSA) is 17.1 Å². The summed E-state index contributed by atoms with van der Waals surface area (Å²) in [5, 5.41) is 0.192. The highest BCUT2D eigenvalue weighted by molar-refractivity contribution is 8.14. The van der Waals surface area contributed by atoms with Crippen molar-refractivity contribution in [2.24, 2.45) is 0 Å². The van der Waals surface area contributed by atoms with Crippen LogP contribution in [0, 0.1) is 0 Å². The number of hydrogen-bond acceptors (Lipinski definition) is 2. The summed E-state index contributed by atoms with van der Waals surface area (Å²) in [5.74, 6) is 0.906. The zero-order valence-corrected chi connectivity index (χ0v) is 12.5. The van der Waals surface area contributed by atoms with Gasteiger partial charge in [0.15, 0.2) is 0 Å². The summed E-state index contributed by atoms with van der Waals surface area (Å²) < 4.78 is 1.11. The quantitative estimate of drug-likeness (QED) is 0.703. The van der Waals surface area contributed by atoms with E-state index in [0.717, 1.165) is 42.0 Å². The summed E-state index contributed by atoms with van der Waals surface area (Å²) in [6, 6.07) is 9.54. The number of carbonyl (C=O) groups excluding carboxylic acids is 1.